The first-order valence-electron chi connectivity index (χ1n) is 7.32. The van der Waals surface area contributed by atoms with Crippen LogP contribution in [0.3, 0.4) is 0 Å². The highest BCUT2D eigenvalue weighted by Crippen LogP contribution is 2.23. The molecule has 0 saturated heterocycles. The molecule has 2 aliphatic carbocycles. The molecule has 2 aliphatic rings. The summed E-state index contributed by atoms with van der Waals surface area (Å²) in [6.45, 7) is -0.103. The number of rotatable bonds is 6. The molecule has 4 N–H and O–H groups in total. The van der Waals surface area contributed by atoms with Crippen LogP contribution in [0.2, 0.25) is 0 Å². The third kappa shape index (κ3) is 3.67. The van der Waals surface area contributed by atoms with Gasteiger partial charge >= 0.3 is 0 Å². The zero-order chi connectivity index (χ0) is 14.5. The number of aliphatic hydroxyl groups excluding tert-OH is 3. The molecule has 0 unspecified atom stereocenters. The number of halogens is 1. The van der Waals surface area contributed by atoms with E-state index in [1.54, 1.807) is 0 Å². The van der Waals surface area contributed by atoms with Crippen LogP contribution in [-0.4, -0.2) is 52.9 Å². The van der Waals surface area contributed by atoms with E-state index in [4.69, 9.17) is 0 Å². The second-order valence-electron chi connectivity index (χ2n) is 5.73. The summed E-state index contributed by atoms with van der Waals surface area (Å²) in [5, 5.41) is 32.3. The smallest absolute Gasteiger partial charge is 0.113 e. The van der Waals surface area contributed by atoms with Crippen LogP contribution in [0.4, 0.5) is 4.39 Å². The Morgan fingerprint density at radius 3 is 2.50 bits per heavy atom. The highest BCUT2D eigenvalue weighted by atomic mass is 19.1. The van der Waals surface area contributed by atoms with Crippen molar-refractivity contribution in [2.45, 2.75) is 50.0 Å². The molecule has 114 valence electrons. The number of nitrogens with one attached hydrogen (secondary N) is 1. The molecule has 0 aliphatic heterocycles. The Morgan fingerprint density at radius 2 is 1.85 bits per heavy atom. The van der Waals surface area contributed by atoms with Gasteiger partial charge in [0.05, 0.1) is 6.04 Å². The van der Waals surface area contributed by atoms with Crippen LogP contribution in [0.15, 0.2) is 23.8 Å². The Kier molecular flexibility index (Phi) is 5.72. The van der Waals surface area contributed by atoms with E-state index < -0.39 is 31.0 Å². The topological polar surface area (TPSA) is 72.7 Å². The van der Waals surface area contributed by atoms with Gasteiger partial charge in [0, 0.05) is 0 Å². The second kappa shape index (κ2) is 7.31. The van der Waals surface area contributed by atoms with Gasteiger partial charge in [0.25, 0.3) is 0 Å². The summed E-state index contributed by atoms with van der Waals surface area (Å²) in [6.07, 6.45) is 6.55. The molecule has 0 radical (unpaired) electrons. The lowest BCUT2D eigenvalue weighted by molar-refractivity contribution is -0.0628. The predicted octanol–water partition coefficient (Wildman–Crippen LogP) is 0.683. The number of hydrogen-bond donors (Lipinski definition) is 4. The predicted molar refractivity (Wildman–Crippen MR) is 75.0 cm³/mol. The quantitative estimate of drug-likeness (QED) is 0.428. The minimum Gasteiger partial charge on any atom is -0.388 e. The minimum absolute atomic E-state index is 0.139. The Balaban J connectivity index is 1.77. The molecule has 0 amide bonds. The normalized spacial score (nSPS) is 34.5. The molecule has 20 heavy (non-hydrogen) atoms. The molecule has 0 aromatic rings. The lowest BCUT2D eigenvalue weighted by atomic mass is 9.88. The maximum atomic E-state index is 12.7. The maximum absolute atomic E-state index is 12.7. The van der Waals surface area contributed by atoms with E-state index in [-0.39, 0.29) is 5.57 Å². The minimum atomic E-state index is -1.33. The summed E-state index contributed by atoms with van der Waals surface area (Å²) < 4.78 is 12.7. The van der Waals surface area contributed by atoms with Crippen molar-refractivity contribution in [1.82, 2.24) is 5.32 Å². The van der Waals surface area contributed by atoms with Gasteiger partial charge in [-0.15, -0.1) is 0 Å². The Hall–Kier alpha value is -0.750. The average Bonchev–Trinajstić information content (AvgIpc) is 2.96. The van der Waals surface area contributed by atoms with Crippen molar-refractivity contribution in [3.63, 3.8) is 0 Å². The van der Waals surface area contributed by atoms with Crippen molar-refractivity contribution >= 4 is 0 Å². The molecule has 0 fully saturated rings. The highest BCUT2D eigenvalue weighted by Gasteiger charge is 2.36. The summed E-state index contributed by atoms with van der Waals surface area (Å²) in [7, 11) is 0. The fraction of sp³-hybridized carbons (Fsp3) is 0.733. The van der Waals surface area contributed by atoms with Gasteiger partial charge in [-0.05, 0) is 43.7 Å². The molecular formula is C15H24FNO3. The van der Waals surface area contributed by atoms with E-state index in [2.05, 4.69) is 17.5 Å². The number of allylic oxidation sites excluding steroid dienone is 2. The Morgan fingerprint density at radius 1 is 1.15 bits per heavy atom. The van der Waals surface area contributed by atoms with Crippen LogP contribution in [0.5, 0.6) is 0 Å². The third-order valence-corrected chi connectivity index (χ3v) is 4.24. The molecule has 4 atom stereocenters. The van der Waals surface area contributed by atoms with Crippen LogP contribution in [0, 0.1) is 5.92 Å². The van der Waals surface area contributed by atoms with Gasteiger partial charge in [0.1, 0.15) is 25.0 Å². The molecule has 5 heteroatoms. The molecular weight excluding hydrogens is 261 g/mol. The largest absolute Gasteiger partial charge is 0.388 e. The highest BCUT2D eigenvalue weighted by molar-refractivity contribution is 5.21. The van der Waals surface area contributed by atoms with Gasteiger partial charge in [-0.1, -0.05) is 18.2 Å². The third-order valence-electron chi connectivity index (χ3n) is 4.24. The summed E-state index contributed by atoms with van der Waals surface area (Å²) in [5.74, 6) is 0.720. The molecule has 0 aromatic carbocycles. The van der Waals surface area contributed by atoms with Crippen LogP contribution in [0.25, 0.3) is 0 Å². The van der Waals surface area contributed by atoms with Crippen molar-refractivity contribution in [2.75, 3.05) is 13.2 Å². The average molecular weight is 285 g/mol. The summed E-state index contributed by atoms with van der Waals surface area (Å²) in [4.78, 5) is 0. The standard InChI is InChI=1S/C15H24FNO3/c16-9-11-8-12(14(19)15(20)13(11)18)17-7-3-6-10-4-1-2-5-10/h1-2,8,10,12-15,17-20H,3-7,9H2/t12-,13+,14+,15+/m1/s1. The number of alkyl halides is 1. The summed E-state index contributed by atoms with van der Waals surface area (Å²) in [6, 6.07) is -0.499. The lowest BCUT2D eigenvalue weighted by Gasteiger charge is -2.34. The van der Waals surface area contributed by atoms with E-state index in [0.29, 0.717) is 6.54 Å². The van der Waals surface area contributed by atoms with Crippen LogP contribution in [-0.2, 0) is 0 Å². The van der Waals surface area contributed by atoms with Crippen LogP contribution < -0.4 is 5.32 Å². The van der Waals surface area contributed by atoms with E-state index in [9.17, 15) is 19.7 Å². The zero-order valence-corrected chi connectivity index (χ0v) is 11.6. The second-order valence-corrected chi connectivity index (χ2v) is 5.73. The number of aliphatic hydroxyl groups is 3. The molecule has 0 heterocycles. The van der Waals surface area contributed by atoms with Gasteiger partial charge in [0.15, 0.2) is 0 Å². The summed E-state index contributed by atoms with van der Waals surface area (Å²) >= 11 is 0. The molecule has 0 bridgehead atoms. The Bertz CT molecular complexity index is 364. The van der Waals surface area contributed by atoms with E-state index in [1.165, 1.54) is 6.08 Å². The van der Waals surface area contributed by atoms with Crippen molar-refractivity contribution < 1.29 is 19.7 Å². The first-order chi connectivity index (χ1) is 9.63. The fourth-order valence-corrected chi connectivity index (χ4v) is 2.92. The fourth-order valence-electron chi connectivity index (χ4n) is 2.92. The molecule has 0 saturated carbocycles. The first-order valence-corrected chi connectivity index (χ1v) is 7.32. The molecule has 0 aromatic heterocycles. The van der Waals surface area contributed by atoms with Gasteiger partial charge in [0.2, 0.25) is 0 Å². The Labute approximate surface area is 119 Å². The van der Waals surface area contributed by atoms with Crippen molar-refractivity contribution in [3.8, 4) is 0 Å². The lowest BCUT2D eigenvalue weighted by Crippen LogP contribution is -2.54. The first kappa shape index (κ1) is 15.6. The maximum Gasteiger partial charge on any atom is 0.113 e. The van der Waals surface area contributed by atoms with E-state index >= 15 is 0 Å². The van der Waals surface area contributed by atoms with Gasteiger partial charge in [-0.2, -0.15) is 0 Å². The zero-order valence-electron chi connectivity index (χ0n) is 11.6. The van der Waals surface area contributed by atoms with E-state index in [0.717, 1.165) is 31.6 Å². The van der Waals surface area contributed by atoms with Gasteiger partial charge in [-0.25, -0.2) is 4.39 Å². The molecule has 0 spiro atoms. The van der Waals surface area contributed by atoms with Crippen LogP contribution >= 0.6 is 0 Å². The van der Waals surface area contributed by atoms with Gasteiger partial charge < -0.3 is 20.6 Å². The van der Waals surface area contributed by atoms with Crippen LogP contribution in [0.1, 0.15) is 25.7 Å². The number of hydrogen-bond acceptors (Lipinski definition) is 4. The summed E-state index contributed by atoms with van der Waals surface area (Å²) in [5.41, 5.74) is 0.139. The SMILES string of the molecule is O[C@@H]1[C@@H](O)[C@@H](O)C(CF)=C[C@H]1NCCCC1CC=CC1. The van der Waals surface area contributed by atoms with Crippen molar-refractivity contribution in [2.24, 2.45) is 5.92 Å². The van der Waals surface area contributed by atoms with Crippen molar-refractivity contribution in [3.05, 3.63) is 23.8 Å². The molecule has 4 nitrogen and oxygen atoms in total. The van der Waals surface area contributed by atoms with Crippen molar-refractivity contribution in [1.29, 1.82) is 0 Å². The van der Waals surface area contributed by atoms with Gasteiger partial charge in [-0.3, -0.25) is 0 Å². The van der Waals surface area contributed by atoms with E-state index in [1.807, 2.05) is 0 Å². The monoisotopic (exact) mass is 285 g/mol. The molecule has 2 rings (SSSR count).